The first-order chi connectivity index (χ1) is 20.5. The molecule has 210 valence electrons. The number of methoxy groups -OCH3 is 2. The average Bonchev–Trinajstić information content (AvgIpc) is 3.06. The fraction of sp³-hybridized carbons (Fsp3) is 0.105. The van der Waals surface area contributed by atoms with Gasteiger partial charge in [0.15, 0.2) is 0 Å². The Bertz CT molecular complexity index is 1720. The Balaban J connectivity index is 1.53. The van der Waals surface area contributed by atoms with Gasteiger partial charge in [0.2, 0.25) is 0 Å². The van der Waals surface area contributed by atoms with Crippen LogP contribution in [0.4, 0.5) is 0 Å². The van der Waals surface area contributed by atoms with Gasteiger partial charge in [0.05, 0.1) is 0 Å². The molecule has 4 heteroatoms. The van der Waals surface area contributed by atoms with Crippen molar-refractivity contribution in [3.8, 4) is 11.5 Å². The van der Waals surface area contributed by atoms with Gasteiger partial charge in [0, 0.05) is 0 Å². The summed E-state index contributed by atoms with van der Waals surface area (Å²) in [5.74, 6) is -1.92. The van der Waals surface area contributed by atoms with Crippen molar-refractivity contribution in [1.82, 2.24) is 0 Å². The molecule has 0 N–H and O–H groups in total. The monoisotopic (exact) mass is 588 g/mol. The molecule has 0 saturated heterocycles. The Labute approximate surface area is 253 Å². The zero-order valence-electron chi connectivity index (χ0n) is 23.9. The van der Waals surface area contributed by atoms with Crippen molar-refractivity contribution >= 4 is 43.9 Å². The third-order valence-electron chi connectivity index (χ3n) is 8.24. The van der Waals surface area contributed by atoms with Crippen LogP contribution < -0.4 is 25.4 Å². The van der Waals surface area contributed by atoms with Crippen molar-refractivity contribution in [2.45, 2.75) is 12.6 Å². The molecule has 0 aliphatic carbocycles. The molecular formula is C38H34ClO2P. The van der Waals surface area contributed by atoms with Gasteiger partial charge in [0.1, 0.15) is 0 Å². The van der Waals surface area contributed by atoms with E-state index < -0.39 is 5.96 Å². The molecule has 42 heavy (non-hydrogen) atoms. The van der Waals surface area contributed by atoms with Crippen LogP contribution in [-0.4, -0.2) is 14.2 Å². The van der Waals surface area contributed by atoms with Gasteiger partial charge < -0.3 is 0 Å². The van der Waals surface area contributed by atoms with E-state index in [-0.39, 0.29) is 0 Å². The van der Waals surface area contributed by atoms with Gasteiger partial charge in [-0.2, -0.15) is 0 Å². The maximum absolute atomic E-state index is 8.39. The van der Waals surface area contributed by atoms with E-state index in [9.17, 15) is 0 Å². The van der Waals surface area contributed by atoms with Crippen LogP contribution in [-0.2, 0) is 12.6 Å². The van der Waals surface area contributed by atoms with E-state index in [1.165, 1.54) is 16.3 Å². The number of fused-ring (bicyclic) bond motifs is 1. The van der Waals surface area contributed by atoms with Gasteiger partial charge in [-0.25, -0.2) is 0 Å². The Kier molecular flexibility index (Phi) is 7.78. The van der Waals surface area contributed by atoms with E-state index in [4.69, 9.17) is 20.7 Å². The van der Waals surface area contributed by atoms with Gasteiger partial charge >= 0.3 is 254 Å². The fourth-order valence-electron chi connectivity index (χ4n) is 6.11. The van der Waals surface area contributed by atoms with Crippen LogP contribution in [0, 0.1) is 0 Å². The fourth-order valence-corrected chi connectivity index (χ4v) is 12.2. The van der Waals surface area contributed by atoms with E-state index in [0.717, 1.165) is 45.0 Å². The average molecular weight is 589 g/mol. The summed E-state index contributed by atoms with van der Waals surface area (Å²) in [6.07, 6.45) is 1.30. The van der Waals surface area contributed by atoms with Crippen LogP contribution >= 0.6 is 17.2 Å². The molecule has 0 spiro atoms. The molecule has 0 amide bonds. The molecule has 6 rings (SSSR count). The summed E-state index contributed by atoms with van der Waals surface area (Å²) in [4.78, 5) is 0. The second-order valence-electron chi connectivity index (χ2n) is 10.7. The van der Waals surface area contributed by atoms with Crippen LogP contribution in [0.5, 0.6) is 11.5 Å². The topological polar surface area (TPSA) is 18.5 Å². The molecule has 2 nitrogen and oxygen atoms in total. The molecule has 0 atom stereocenters. The van der Waals surface area contributed by atoms with E-state index in [1.54, 1.807) is 14.2 Å². The third kappa shape index (κ3) is 4.96. The Hall–Kier alpha value is -4.10. The summed E-state index contributed by atoms with van der Waals surface area (Å²) >= 11 is 8.39. The second kappa shape index (κ2) is 11.6. The van der Waals surface area contributed by atoms with Gasteiger partial charge in [-0.3, -0.25) is 0 Å². The van der Waals surface area contributed by atoms with Crippen LogP contribution in [0.3, 0.4) is 0 Å². The van der Waals surface area contributed by atoms with E-state index >= 15 is 0 Å². The molecule has 6 aromatic rings. The summed E-state index contributed by atoms with van der Waals surface area (Å²) in [6.45, 7) is 0. The number of ether oxygens (including phenoxy) is 2. The van der Waals surface area contributed by atoms with Crippen molar-refractivity contribution in [1.29, 1.82) is 0 Å². The number of rotatable bonds is 9. The number of halogens is 1. The molecular weight excluding hydrogens is 555 g/mol. The molecule has 0 fully saturated rings. The van der Waals surface area contributed by atoms with Crippen molar-refractivity contribution in [3.63, 3.8) is 0 Å². The molecule has 0 radical (unpaired) electrons. The molecule has 0 saturated carbocycles. The summed E-state index contributed by atoms with van der Waals surface area (Å²) < 4.78 is 12.1. The van der Waals surface area contributed by atoms with Crippen molar-refractivity contribution in [2.24, 2.45) is 0 Å². The van der Waals surface area contributed by atoms with Crippen molar-refractivity contribution in [2.75, 3.05) is 14.2 Å². The third-order valence-corrected chi connectivity index (χ3v) is 15.4. The van der Waals surface area contributed by atoms with Crippen LogP contribution in [0.25, 0.3) is 10.8 Å². The quantitative estimate of drug-likeness (QED) is 0.157. The molecule has 0 heterocycles. The molecule has 0 aliphatic heterocycles. The predicted molar refractivity (Wildman–Crippen MR) is 181 cm³/mol. The van der Waals surface area contributed by atoms with E-state index in [0.29, 0.717) is 6.16 Å². The maximum atomic E-state index is 8.39. The molecule has 0 aliphatic rings. The second-order valence-corrected chi connectivity index (χ2v) is 17.2. The first-order valence-electron chi connectivity index (χ1n) is 14.1. The number of hydrogen-bond acceptors (Lipinski definition) is 2. The van der Waals surface area contributed by atoms with Crippen LogP contribution in [0.15, 0.2) is 146 Å². The Morgan fingerprint density at radius 3 is 1.48 bits per heavy atom. The molecule has 6 aromatic carbocycles. The van der Waals surface area contributed by atoms with Gasteiger partial charge in [0.25, 0.3) is 0 Å². The van der Waals surface area contributed by atoms with Crippen LogP contribution in [0.2, 0.25) is 0 Å². The Morgan fingerprint density at radius 1 is 0.500 bits per heavy atom. The summed E-state index contributed by atoms with van der Waals surface area (Å²) in [7, 11) is 3.48. The first kappa shape index (κ1) is 28.0. The number of benzene rings is 6. The zero-order valence-corrected chi connectivity index (χ0v) is 25.6. The summed E-state index contributed by atoms with van der Waals surface area (Å²) in [5.41, 5.74) is 3.31. The predicted octanol–water partition coefficient (Wildman–Crippen LogP) is 8.63. The standard InChI is InChI=1S/C38H34ClO2P/c1-40-37-27-33(38(41-2)26-32(37)25-29-22-23-30-14-12-13-15-31(30)24-29)28-42(39,34-16-6-3-7-17-34,35-18-8-4-9-19-35)36-20-10-5-11-21-36/h3-24,26-27H,25,28H2,1-2H3. The Morgan fingerprint density at radius 2 is 0.952 bits per heavy atom. The summed E-state index contributed by atoms with van der Waals surface area (Å²) in [5, 5.41) is 5.81. The summed E-state index contributed by atoms with van der Waals surface area (Å²) in [6, 6.07) is 50.9. The SMILES string of the molecule is COc1cc(CP(Cl)(c2ccccc2)(c2ccccc2)c2ccccc2)c(OC)cc1Cc1ccc2ccccc2c1. The van der Waals surface area contributed by atoms with Crippen LogP contribution in [0.1, 0.15) is 16.7 Å². The van der Waals surface area contributed by atoms with Gasteiger partial charge in [-0.05, 0) is 0 Å². The van der Waals surface area contributed by atoms with E-state index in [2.05, 4.69) is 127 Å². The molecule has 0 aromatic heterocycles. The first-order valence-corrected chi connectivity index (χ1v) is 17.5. The minimum atomic E-state index is -3.56. The van der Waals surface area contributed by atoms with Gasteiger partial charge in [-0.15, -0.1) is 0 Å². The van der Waals surface area contributed by atoms with Crippen molar-refractivity contribution < 1.29 is 9.47 Å². The van der Waals surface area contributed by atoms with Gasteiger partial charge in [-0.1, -0.05) is 0 Å². The molecule has 0 unspecified atom stereocenters. The number of hydrogen-bond donors (Lipinski definition) is 0. The van der Waals surface area contributed by atoms with Crippen molar-refractivity contribution in [3.05, 3.63) is 162 Å². The zero-order chi connectivity index (χ0) is 29.0. The molecule has 0 bridgehead atoms. The minimum absolute atomic E-state index is 0.570. The van der Waals surface area contributed by atoms with E-state index in [1.807, 2.05) is 18.2 Å². The normalized spacial score (nSPS) is 12.4.